The van der Waals surface area contributed by atoms with Gasteiger partial charge in [0, 0.05) is 19.2 Å². The molecule has 0 saturated heterocycles. The molecule has 0 bridgehead atoms. The predicted octanol–water partition coefficient (Wildman–Crippen LogP) is 3.52. The maximum absolute atomic E-state index is 12.8. The number of nitrogens with one attached hydrogen (secondary N) is 1. The Morgan fingerprint density at radius 3 is 2.54 bits per heavy atom. The van der Waals surface area contributed by atoms with Crippen LogP contribution in [0.2, 0.25) is 5.15 Å². The first kappa shape index (κ1) is 22.2. The molecule has 1 heterocycles. The van der Waals surface area contributed by atoms with E-state index in [9.17, 15) is 28.1 Å². The lowest BCUT2D eigenvalue weighted by molar-refractivity contribution is -0.385. The molecule has 1 aromatic rings. The van der Waals surface area contributed by atoms with Crippen molar-refractivity contribution in [1.29, 1.82) is 0 Å². The highest BCUT2D eigenvalue weighted by Crippen LogP contribution is 2.37. The summed E-state index contributed by atoms with van der Waals surface area (Å²) in [7, 11) is 1.44. The standard InChI is InChI=1S/C16H19ClF3N3O5/c1-27-6-7-28-15-11(8-12(23(25)26)13(17)22-15)14(24)21-10-4-2-9(3-5-10)16(18,19)20/h8-10H,2-7H2,1H3,(H,21,24)/t9-,10-. The van der Waals surface area contributed by atoms with Gasteiger partial charge in [-0.25, -0.2) is 0 Å². The van der Waals surface area contributed by atoms with E-state index in [1.165, 1.54) is 7.11 Å². The fraction of sp³-hybridized carbons (Fsp3) is 0.625. The number of aromatic nitrogens is 1. The van der Waals surface area contributed by atoms with Crippen molar-refractivity contribution in [2.24, 2.45) is 5.92 Å². The molecule has 1 amide bonds. The van der Waals surface area contributed by atoms with Gasteiger partial charge in [0.05, 0.1) is 17.4 Å². The van der Waals surface area contributed by atoms with E-state index in [1.807, 2.05) is 0 Å². The van der Waals surface area contributed by atoms with Crippen molar-refractivity contribution in [3.05, 3.63) is 26.9 Å². The van der Waals surface area contributed by atoms with Crippen molar-refractivity contribution in [3.8, 4) is 5.88 Å². The second kappa shape index (κ2) is 9.37. The Morgan fingerprint density at radius 1 is 1.36 bits per heavy atom. The number of rotatable bonds is 7. The number of hydrogen-bond donors (Lipinski definition) is 1. The van der Waals surface area contributed by atoms with Gasteiger partial charge in [-0.1, -0.05) is 11.6 Å². The van der Waals surface area contributed by atoms with Gasteiger partial charge in [-0.05, 0) is 25.7 Å². The van der Waals surface area contributed by atoms with Gasteiger partial charge in [0.25, 0.3) is 5.91 Å². The van der Waals surface area contributed by atoms with E-state index in [2.05, 4.69) is 10.3 Å². The molecule has 12 heteroatoms. The maximum atomic E-state index is 12.8. The molecule has 0 radical (unpaired) electrons. The van der Waals surface area contributed by atoms with Crippen molar-refractivity contribution < 1.29 is 32.4 Å². The normalized spacial score (nSPS) is 19.9. The maximum Gasteiger partial charge on any atom is 0.391 e. The molecule has 1 aliphatic carbocycles. The van der Waals surface area contributed by atoms with E-state index >= 15 is 0 Å². The third kappa shape index (κ3) is 5.68. The lowest BCUT2D eigenvalue weighted by Gasteiger charge is -2.30. The van der Waals surface area contributed by atoms with Crippen molar-refractivity contribution in [1.82, 2.24) is 10.3 Å². The Hall–Kier alpha value is -2.14. The first-order valence-electron chi connectivity index (χ1n) is 8.47. The number of carbonyl (C=O) groups is 1. The topological polar surface area (TPSA) is 104 Å². The lowest BCUT2D eigenvalue weighted by Crippen LogP contribution is -2.40. The van der Waals surface area contributed by atoms with Gasteiger partial charge in [0.2, 0.25) is 11.0 Å². The fourth-order valence-electron chi connectivity index (χ4n) is 2.92. The number of nitro groups is 1. The molecule has 28 heavy (non-hydrogen) atoms. The molecule has 0 spiro atoms. The zero-order chi connectivity index (χ0) is 20.9. The Balaban J connectivity index is 2.14. The highest BCUT2D eigenvalue weighted by molar-refractivity contribution is 6.31. The summed E-state index contributed by atoms with van der Waals surface area (Å²) in [5, 5.41) is 13.2. The van der Waals surface area contributed by atoms with Crippen molar-refractivity contribution in [2.45, 2.75) is 37.9 Å². The van der Waals surface area contributed by atoms with E-state index in [4.69, 9.17) is 21.1 Å². The largest absolute Gasteiger partial charge is 0.475 e. The van der Waals surface area contributed by atoms with Crippen LogP contribution < -0.4 is 10.1 Å². The van der Waals surface area contributed by atoms with Crippen LogP contribution in [0.4, 0.5) is 18.9 Å². The molecule has 0 atom stereocenters. The molecule has 2 rings (SSSR count). The molecule has 8 nitrogen and oxygen atoms in total. The van der Waals surface area contributed by atoms with Crippen LogP contribution in [-0.2, 0) is 4.74 Å². The second-order valence-electron chi connectivity index (χ2n) is 6.31. The molecule has 1 aliphatic rings. The van der Waals surface area contributed by atoms with Gasteiger partial charge >= 0.3 is 11.9 Å². The number of hydrogen-bond acceptors (Lipinski definition) is 6. The van der Waals surface area contributed by atoms with Gasteiger partial charge in [0.15, 0.2) is 0 Å². The van der Waals surface area contributed by atoms with E-state index in [1.54, 1.807) is 0 Å². The number of nitrogens with zero attached hydrogens (tertiary/aromatic N) is 2. The van der Waals surface area contributed by atoms with Gasteiger partial charge in [0.1, 0.15) is 12.2 Å². The number of amides is 1. The Morgan fingerprint density at radius 2 is 2.00 bits per heavy atom. The Labute approximate surface area is 163 Å². The predicted molar refractivity (Wildman–Crippen MR) is 92.5 cm³/mol. The summed E-state index contributed by atoms with van der Waals surface area (Å²) in [6.45, 7) is 0.202. The first-order chi connectivity index (χ1) is 13.1. The summed E-state index contributed by atoms with van der Waals surface area (Å²) < 4.78 is 48.4. The van der Waals surface area contributed by atoms with Crippen LogP contribution in [0.1, 0.15) is 36.0 Å². The van der Waals surface area contributed by atoms with E-state index in [0.717, 1.165) is 6.07 Å². The summed E-state index contributed by atoms with van der Waals surface area (Å²) in [6.07, 6.45) is -4.13. The van der Waals surface area contributed by atoms with Gasteiger partial charge in [-0.3, -0.25) is 14.9 Å². The quantitative estimate of drug-likeness (QED) is 0.310. The molecule has 156 valence electrons. The van der Waals surface area contributed by atoms with Gasteiger partial charge in [-0.2, -0.15) is 18.2 Å². The number of alkyl halides is 3. The number of ether oxygens (including phenoxy) is 2. The highest BCUT2D eigenvalue weighted by Gasteiger charge is 2.41. The van der Waals surface area contributed by atoms with Crippen molar-refractivity contribution in [3.63, 3.8) is 0 Å². The van der Waals surface area contributed by atoms with Crippen LogP contribution in [0.15, 0.2) is 6.07 Å². The van der Waals surface area contributed by atoms with Crippen LogP contribution in [0.5, 0.6) is 5.88 Å². The average Bonchev–Trinajstić information content (AvgIpc) is 2.61. The van der Waals surface area contributed by atoms with Crippen LogP contribution in [0, 0.1) is 16.0 Å². The van der Waals surface area contributed by atoms with Crippen LogP contribution in [-0.4, -0.2) is 48.4 Å². The van der Waals surface area contributed by atoms with E-state index < -0.39 is 39.8 Å². The monoisotopic (exact) mass is 425 g/mol. The fourth-order valence-corrected chi connectivity index (χ4v) is 3.12. The molecule has 1 fully saturated rings. The summed E-state index contributed by atoms with van der Waals surface area (Å²) in [5.41, 5.74) is -0.795. The Bertz CT molecular complexity index is 724. The number of methoxy groups -OCH3 is 1. The van der Waals surface area contributed by atoms with Crippen LogP contribution >= 0.6 is 11.6 Å². The number of carbonyl (C=O) groups excluding carboxylic acids is 1. The smallest absolute Gasteiger partial charge is 0.391 e. The van der Waals surface area contributed by atoms with E-state index in [0.29, 0.717) is 0 Å². The highest BCUT2D eigenvalue weighted by atomic mass is 35.5. The molecule has 1 saturated carbocycles. The van der Waals surface area contributed by atoms with Crippen molar-refractivity contribution >= 4 is 23.2 Å². The zero-order valence-corrected chi connectivity index (χ0v) is 15.7. The molecular weight excluding hydrogens is 407 g/mol. The third-order valence-electron chi connectivity index (χ3n) is 4.42. The SMILES string of the molecule is COCCOc1nc(Cl)c([N+](=O)[O-])cc1C(=O)N[C@H]1CC[C@H](C(F)(F)F)CC1. The second-order valence-corrected chi connectivity index (χ2v) is 6.67. The summed E-state index contributed by atoms with van der Waals surface area (Å²) in [4.78, 5) is 26.6. The third-order valence-corrected chi connectivity index (χ3v) is 4.69. The lowest BCUT2D eigenvalue weighted by atomic mass is 9.85. The molecule has 0 aromatic carbocycles. The summed E-state index contributed by atoms with van der Waals surface area (Å²) in [6, 6.07) is 0.460. The summed E-state index contributed by atoms with van der Waals surface area (Å²) in [5.74, 6) is -2.32. The minimum Gasteiger partial charge on any atom is -0.475 e. The van der Waals surface area contributed by atoms with Gasteiger partial charge < -0.3 is 14.8 Å². The average molecular weight is 426 g/mol. The molecule has 0 unspecified atom stereocenters. The molecule has 0 aliphatic heterocycles. The van der Waals surface area contributed by atoms with Crippen LogP contribution in [0.25, 0.3) is 0 Å². The summed E-state index contributed by atoms with van der Waals surface area (Å²) >= 11 is 5.76. The molecular formula is C16H19ClF3N3O5. The minimum absolute atomic E-state index is 0.0224. The minimum atomic E-state index is -4.25. The number of pyridine rings is 1. The zero-order valence-electron chi connectivity index (χ0n) is 14.9. The van der Waals surface area contributed by atoms with Crippen molar-refractivity contribution in [2.75, 3.05) is 20.3 Å². The van der Waals surface area contributed by atoms with Gasteiger partial charge in [-0.15, -0.1) is 0 Å². The molecule has 1 N–H and O–H groups in total. The van der Waals surface area contributed by atoms with Crippen LogP contribution in [0.3, 0.4) is 0 Å². The number of halogens is 4. The molecule has 1 aromatic heterocycles. The van der Waals surface area contributed by atoms with E-state index in [-0.39, 0.29) is 50.3 Å². The Kier molecular flexibility index (Phi) is 7.41. The first-order valence-corrected chi connectivity index (χ1v) is 8.85.